The Morgan fingerprint density at radius 3 is 1.62 bits per heavy atom. The maximum Gasteiger partial charge on any atom is 0.307 e. The van der Waals surface area contributed by atoms with Crippen LogP contribution >= 0.6 is 0 Å². The van der Waals surface area contributed by atoms with Crippen LogP contribution in [0.5, 0.6) is 0 Å². The van der Waals surface area contributed by atoms with E-state index in [4.69, 9.17) is 9.84 Å². The van der Waals surface area contributed by atoms with Crippen molar-refractivity contribution < 1.29 is 23.9 Å². The summed E-state index contributed by atoms with van der Waals surface area (Å²) in [6.45, 7) is 2.78. The highest BCUT2D eigenvalue weighted by Gasteiger charge is 2.24. The summed E-state index contributed by atoms with van der Waals surface area (Å²) in [7, 11) is 5.91. The van der Waals surface area contributed by atoms with Crippen LogP contribution in [-0.4, -0.2) is 55.3 Å². The number of quaternary nitrogens is 1. The minimum Gasteiger partial charge on any atom is -0.481 e. The molecule has 0 saturated heterocycles. The van der Waals surface area contributed by atoms with Gasteiger partial charge in [-0.1, -0.05) is 96.1 Å². The van der Waals surface area contributed by atoms with Crippen molar-refractivity contribution in [1.82, 2.24) is 0 Å². The number of unbranched alkanes of at least 4 members (excludes halogenated alkanes) is 15. The number of esters is 1. The van der Waals surface area contributed by atoms with Gasteiger partial charge in [-0.3, -0.25) is 9.59 Å². The number of nitrogens with zero attached hydrogens (tertiary/aromatic N) is 1. The van der Waals surface area contributed by atoms with Crippen molar-refractivity contribution in [3.05, 3.63) is 12.2 Å². The second-order valence-corrected chi connectivity index (χ2v) is 10.9. The number of ether oxygens (including phenoxy) is 1. The number of hydrogen-bond donors (Lipinski definition) is 1. The van der Waals surface area contributed by atoms with E-state index in [1.165, 1.54) is 89.9 Å². The predicted molar refractivity (Wildman–Crippen MR) is 143 cm³/mol. The SMILES string of the molecule is CCCCCCCCCC/C=C/CCCCCCCCCC(=O)OC(CC(=O)O)C[N+](C)(C)C. The van der Waals surface area contributed by atoms with Gasteiger partial charge in [0.05, 0.1) is 27.6 Å². The third kappa shape index (κ3) is 25.3. The van der Waals surface area contributed by atoms with E-state index in [2.05, 4.69) is 19.1 Å². The molecule has 0 bridgehead atoms. The average molecular weight is 483 g/mol. The number of carbonyl (C=O) groups is 2. The Bertz CT molecular complexity index is 525. The molecule has 0 amide bonds. The Hall–Kier alpha value is -1.36. The molecule has 5 heteroatoms. The van der Waals surface area contributed by atoms with E-state index in [-0.39, 0.29) is 12.4 Å². The number of allylic oxidation sites excluding steroid dienone is 2. The van der Waals surface area contributed by atoms with Crippen molar-refractivity contribution in [1.29, 1.82) is 0 Å². The monoisotopic (exact) mass is 482 g/mol. The average Bonchev–Trinajstić information content (AvgIpc) is 2.73. The third-order valence-electron chi connectivity index (χ3n) is 6.09. The summed E-state index contributed by atoms with van der Waals surface area (Å²) in [4.78, 5) is 23.1. The van der Waals surface area contributed by atoms with E-state index in [0.29, 0.717) is 17.4 Å². The van der Waals surface area contributed by atoms with E-state index < -0.39 is 12.1 Å². The van der Waals surface area contributed by atoms with Gasteiger partial charge < -0.3 is 14.3 Å². The summed E-state index contributed by atoms with van der Waals surface area (Å²) in [6, 6.07) is 0. The van der Waals surface area contributed by atoms with Crippen LogP contribution in [0.3, 0.4) is 0 Å². The Morgan fingerprint density at radius 1 is 0.735 bits per heavy atom. The van der Waals surface area contributed by atoms with Crippen molar-refractivity contribution in [3.63, 3.8) is 0 Å². The molecular formula is C29H56NO4+. The Labute approximate surface area is 210 Å². The lowest BCUT2D eigenvalue weighted by molar-refractivity contribution is -0.873. The van der Waals surface area contributed by atoms with Gasteiger partial charge in [-0.15, -0.1) is 0 Å². The summed E-state index contributed by atoms with van der Waals surface area (Å²) < 4.78 is 6.00. The molecule has 200 valence electrons. The van der Waals surface area contributed by atoms with Crippen LogP contribution in [0.25, 0.3) is 0 Å². The second-order valence-electron chi connectivity index (χ2n) is 10.9. The predicted octanol–water partition coefficient (Wildman–Crippen LogP) is 7.68. The van der Waals surface area contributed by atoms with E-state index in [1.54, 1.807) is 0 Å². The van der Waals surface area contributed by atoms with Crippen LogP contribution in [0.2, 0.25) is 0 Å². The number of carboxylic acids is 1. The Kier molecular flexibility index (Phi) is 21.2. The fraction of sp³-hybridized carbons (Fsp3) is 0.862. The van der Waals surface area contributed by atoms with Crippen LogP contribution in [0.1, 0.15) is 129 Å². The number of likely N-dealkylation sites (N-methyl/N-ethyl adjacent to an activating group) is 1. The first kappa shape index (κ1) is 32.6. The van der Waals surface area contributed by atoms with Gasteiger partial charge in [-0.2, -0.15) is 0 Å². The molecule has 0 spiro atoms. The van der Waals surface area contributed by atoms with Crippen molar-refractivity contribution >= 4 is 11.9 Å². The number of carbonyl (C=O) groups excluding carboxylic acids is 1. The van der Waals surface area contributed by atoms with Crippen LogP contribution in [0, 0.1) is 0 Å². The minimum atomic E-state index is -0.926. The van der Waals surface area contributed by atoms with Gasteiger partial charge in [-0.05, 0) is 32.1 Å². The molecule has 0 aliphatic heterocycles. The van der Waals surface area contributed by atoms with Gasteiger partial charge in [0, 0.05) is 6.42 Å². The summed E-state index contributed by atoms with van der Waals surface area (Å²) in [5.41, 5.74) is 0. The summed E-state index contributed by atoms with van der Waals surface area (Å²) >= 11 is 0. The maximum absolute atomic E-state index is 12.1. The summed E-state index contributed by atoms with van der Waals surface area (Å²) in [6.07, 6.45) is 26.0. The molecular weight excluding hydrogens is 426 g/mol. The molecule has 0 rings (SSSR count). The highest BCUT2D eigenvalue weighted by atomic mass is 16.5. The second kappa shape index (κ2) is 22.1. The zero-order valence-electron chi connectivity index (χ0n) is 23.0. The molecule has 0 radical (unpaired) electrons. The van der Waals surface area contributed by atoms with Crippen LogP contribution in [-0.2, 0) is 14.3 Å². The topological polar surface area (TPSA) is 63.6 Å². The number of aliphatic carboxylic acids is 1. The molecule has 1 N–H and O–H groups in total. The van der Waals surface area contributed by atoms with Crippen molar-refractivity contribution in [2.24, 2.45) is 0 Å². The van der Waals surface area contributed by atoms with Crippen molar-refractivity contribution in [2.75, 3.05) is 27.7 Å². The molecule has 0 aromatic carbocycles. The number of rotatable bonds is 24. The normalized spacial score (nSPS) is 12.8. The first-order valence-electron chi connectivity index (χ1n) is 14.1. The van der Waals surface area contributed by atoms with Gasteiger partial charge in [0.2, 0.25) is 0 Å². The number of carboxylic acid groups (broad SMARTS) is 1. The smallest absolute Gasteiger partial charge is 0.307 e. The first-order chi connectivity index (χ1) is 16.2. The lowest BCUT2D eigenvalue weighted by Gasteiger charge is -2.28. The van der Waals surface area contributed by atoms with Crippen LogP contribution < -0.4 is 0 Å². The molecule has 0 aromatic rings. The standard InChI is InChI=1S/C29H55NO4/c1-5-6-7-8-9-10-11-12-13-14-15-16-17-18-19-20-21-22-23-24-29(33)34-27(25-28(31)32)26-30(2,3)4/h14-15,27H,5-13,16-26H2,1-4H3/p+1/b15-14+. The molecule has 1 atom stereocenters. The Balaban J connectivity index is 3.53. The molecule has 0 aliphatic rings. The van der Waals surface area contributed by atoms with E-state index in [1.807, 2.05) is 21.1 Å². The van der Waals surface area contributed by atoms with Gasteiger partial charge in [0.1, 0.15) is 6.54 Å². The molecule has 0 aliphatic carbocycles. The van der Waals surface area contributed by atoms with Gasteiger partial charge >= 0.3 is 11.9 Å². The van der Waals surface area contributed by atoms with Crippen molar-refractivity contribution in [3.8, 4) is 0 Å². The van der Waals surface area contributed by atoms with E-state index >= 15 is 0 Å². The number of hydrogen-bond acceptors (Lipinski definition) is 3. The van der Waals surface area contributed by atoms with Gasteiger partial charge in [-0.25, -0.2) is 0 Å². The zero-order chi connectivity index (χ0) is 25.5. The highest BCUT2D eigenvalue weighted by Crippen LogP contribution is 2.13. The third-order valence-corrected chi connectivity index (χ3v) is 6.09. The maximum atomic E-state index is 12.1. The van der Waals surface area contributed by atoms with Gasteiger partial charge in [0.15, 0.2) is 6.10 Å². The molecule has 5 nitrogen and oxygen atoms in total. The lowest BCUT2D eigenvalue weighted by Crippen LogP contribution is -2.43. The molecule has 34 heavy (non-hydrogen) atoms. The fourth-order valence-electron chi connectivity index (χ4n) is 4.24. The van der Waals surface area contributed by atoms with Gasteiger partial charge in [0.25, 0.3) is 0 Å². The summed E-state index contributed by atoms with van der Waals surface area (Å²) in [5.74, 6) is -1.19. The molecule has 0 saturated carbocycles. The van der Waals surface area contributed by atoms with E-state index in [0.717, 1.165) is 19.3 Å². The largest absolute Gasteiger partial charge is 0.481 e. The Morgan fingerprint density at radius 2 is 1.18 bits per heavy atom. The minimum absolute atomic E-state index is 0.129. The molecule has 0 heterocycles. The quantitative estimate of drug-likeness (QED) is 0.0663. The summed E-state index contributed by atoms with van der Waals surface area (Å²) in [5, 5.41) is 9.04. The molecule has 0 aromatic heterocycles. The molecule has 0 fully saturated rings. The van der Waals surface area contributed by atoms with Crippen LogP contribution in [0.4, 0.5) is 0 Å². The highest BCUT2D eigenvalue weighted by molar-refractivity contribution is 5.71. The van der Waals surface area contributed by atoms with E-state index in [9.17, 15) is 9.59 Å². The lowest BCUT2D eigenvalue weighted by atomic mass is 10.1. The van der Waals surface area contributed by atoms with Crippen LogP contribution in [0.15, 0.2) is 12.2 Å². The first-order valence-corrected chi connectivity index (χ1v) is 14.1. The fourth-order valence-corrected chi connectivity index (χ4v) is 4.24. The van der Waals surface area contributed by atoms with Crippen molar-refractivity contribution in [2.45, 2.75) is 135 Å². The molecule has 1 unspecified atom stereocenters. The zero-order valence-corrected chi connectivity index (χ0v) is 23.0.